The average Bonchev–Trinajstić information content (AvgIpc) is 3.02. The van der Waals surface area contributed by atoms with Crippen LogP contribution in [0.1, 0.15) is 77.3 Å². The molecule has 5 atom stereocenters. The molecule has 0 N–H and O–H groups in total. The van der Waals surface area contributed by atoms with Crippen LogP contribution in [-0.4, -0.2) is 12.6 Å². The van der Waals surface area contributed by atoms with Gasteiger partial charge < -0.3 is 9.15 Å². The second-order valence-corrected chi connectivity index (χ2v) is 9.70. The van der Waals surface area contributed by atoms with Crippen LogP contribution in [0.3, 0.4) is 0 Å². The lowest BCUT2D eigenvalue weighted by atomic mass is 9.40. The second kappa shape index (κ2) is 5.62. The first-order valence-electron chi connectivity index (χ1n) is 9.98. The minimum atomic E-state index is -0.144. The number of carbonyl (C=O) groups excluding carboxylic acids is 1. The molecule has 4 rings (SSSR count). The van der Waals surface area contributed by atoms with Crippen molar-refractivity contribution in [2.75, 3.05) is 6.61 Å². The van der Waals surface area contributed by atoms with Gasteiger partial charge in [0.05, 0.1) is 19.1 Å². The summed E-state index contributed by atoms with van der Waals surface area (Å²) in [5.74, 6) is 1.19. The Morgan fingerprint density at radius 3 is 2.72 bits per heavy atom. The zero-order chi connectivity index (χ0) is 17.9. The highest BCUT2D eigenvalue weighted by molar-refractivity contribution is 5.65. The van der Waals surface area contributed by atoms with Crippen molar-refractivity contribution in [1.29, 1.82) is 0 Å². The lowest BCUT2D eigenvalue weighted by molar-refractivity contribution is -0.160. The van der Waals surface area contributed by atoms with E-state index in [0.717, 1.165) is 6.42 Å². The van der Waals surface area contributed by atoms with Crippen molar-refractivity contribution in [2.24, 2.45) is 22.7 Å². The molecule has 1 heterocycles. The molecule has 138 valence electrons. The van der Waals surface area contributed by atoms with E-state index in [1.807, 2.05) is 12.5 Å². The average molecular weight is 344 g/mol. The minimum absolute atomic E-state index is 0.122. The number of hydrogen-bond acceptors (Lipinski definition) is 3. The maximum atomic E-state index is 11.4. The van der Waals surface area contributed by atoms with Gasteiger partial charge in [0.15, 0.2) is 0 Å². The Morgan fingerprint density at radius 2 is 1.96 bits per heavy atom. The Kier molecular flexibility index (Phi) is 3.86. The van der Waals surface area contributed by atoms with Crippen molar-refractivity contribution in [2.45, 2.75) is 78.1 Å². The predicted molar refractivity (Wildman–Crippen MR) is 97.3 cm³/mol. The first-order chi connectivity index (χ1) is 11.8. The van der Waals surface area contributed by atoms with E-state index in [4.69, 9.17) is 9.15 Å². The van der Waals surface area contributed by atoms with Gasteiger partial charge in [-0.2, -0.15) is 0 Å². The van der Waals surface area contributed by atoms with Crippen LogP contribution in [0, 0.1) is 22.7 Å². The number of rotatable bonds is 2. The van der Waals surface area contributed by atoms with Crippen LogP contribution in [0.25, 0.3) is 0 Å². The first kappa shape index (κ1) is 17.2. The Labute approximate surface area is 151 Å². The van der Waals surface area contributed by atoms with Gasteiger partial charge in [-0.3, -0.25) is 4.79 Å². The summed E-state index contributed by atoms with van der Waals surface area (Å²) >= 11 is 0. The number of furan rings is 1. The molecule has 0 radical (unpaired) electrons. The highest BCUT2D eigenvalue weighted by Gasteiger charge is 2.61. The molecule has 25 heavy (non-hydrogen) atoms. The van der Waals surface area contributed by atoms with E-state index in [-0.39, 0.29) is 16.8 Å². The van der Waals surface area contributed by atoms with Crippen molar-refractivity contribution < 1.29 is 13.9 Å². The van der Waals surface area contributed by atoms with Crippen LogP contribution in [0.4, 0.5) is 0 Å². The zero-order valence-electron chi connectivity index (χ0n) is 16.2. The van der Waals surface area contributed by atoms with Crippen molar-refractivity contribution in [3.8, 4) is 0 Å². The topological polar surface area (TPSA) is 39.4 Å². The van der Waals surface area contributed by atoms with Crippen LogP contribution in [-0.2, 0) is 21.4 Å². The van der Waals surface area contributed by atoms with Crippen molar-refractivity contribution >= 4 is 5.97 Å². The summed E-state index contributed by atoms with van der Waals surface area (Å²) in [6, 6.07) is 0. The van der Waals surface area contributed by atoms with Gasteiger partial charge >= 0.3 is 5.97 Å². The lowest BCUT2D eigenvalue weighted by Crippen LogP contribution is -2.58. The molecule has 0 saturated heterocycles. The highest BCUT2D eigenvalue weighted by Crippen LogP contribution is 2.67. The molecule has 3 aliphatic rings. The summed E-state index contributed by atoms with van der Waals surface area (Å²) in [6.45, 7) is 9.50. The van der Waals surface area contributed by atoms with E-state index in [2.05, 4.69) is 20.8 Å². The number of fused-ring (bicyclic) bond motifs is 5. The fraction of sp³-hybridized carbons (Fsp3) is 0.773. The molecule has 0 spiro atoms. The third-order valence-electron chi connectivity index (χ3n) is 8.28. The van der Waals surface area contributed by atoms with Crippen LogP contribution in [0.2, 0.25) is 0 Å². The molecule has 2 fully saturated rings. The molecule has 3 heteroatoms. The van der Waals surface area contributed by atoms with Gasteiger partial charge in [0.2, 0.25) is 0 Å². The van der Waals surface area contributed by atoms with Crippen LogP contribution >= 0.6 is 0 Å². The SMILES string of the molecule is CC(=O)OC[C@@]1(C)CCC[C@]2(C)[C@H]3CCc4cocc4[C@]3(C)CC[C@@H]12. The van der Waals surface area contributed by atoms with Gasteiger partial charge in [-0.1, -0.05) is 27.2 Å². The van der Waals surface area contributed by atoms with Crippen LogP contribution < -0.4 is 0 Å². The van der Waals surface area contributed by atoms with E-state index in [0.29, 0.717) is 23.9 Å². The number of ether oxygens (including phenoxy) is 1. The quantitative estimate of drug-likeness (QED) is 0.686. The summed E-state index contributed by atoms with van der Waals surface area (Å²) in [6.07, 6.45) is 12.6. The third kappa shape index (κ3) is 2.41. The summed E-state index contributed by atoms with van der Waals surface area (Å²) in [5.41, 5.74) is 3.59. The van der Waals surface area contributed by atoms with Gasteiger partial charge in [0.25, 0.3) is 0 Å². The molecule has 3 aliphatic carbocycles. The zero-order valence-corrected chi connectivity index (χ0v) is 16.2. The molecule has 0 aliphatic heterocycles. The van der Waals surface area contributed by atoms with E-state index in [1.54, 1.807) is 0 Å². The summed E-state index contributed by atoms with van der Waals surface area (Å²) < 4.78 is 11.1. The largest absolute Gasteiger partial charge is 0.472 e. The van der Waals surface area contributed by atoms with E-state index in [1.165, 1.54) is 56.6 Å². The Bertz CT molecular complexity index is 677. The normalized spacial score (nSPS) is 42.9. The molecule has 0 amide bonds. The molecule has 1 aromatic rings. The Morgan fingerprint density at radius 1 is 1.16 bits per heavy atom. The monoisotopic (exact) mass is 344 g/mol. The number of carbonyl (C=O) groups is 1. The van der Waals surface area contributed by atoms with Gasteiger partial charge in [-0.05, 0) is 72.3 Å². The molecule has 1 aromatic heterocycles. The molecular formula is C22H32O3. The maximum Gasteiger partial charge on any atom is 0.302 e. The van der Waals surface area contributed by atoms with E-state index in [9.17, 15) is 4.79 Å². The van der Waals surface area contributed by atoms with Gasteiger partial charge in [0.1, 0.15) is 0 Å². The summed E-state index contributed by atoms with van der Waals surface area (Å²) in [4.78, 5) is 11.4. The minimum Gasteiger partial charge on any atom is -0.472 e. The fourth-order valence-corrected chi connectivity index (χ4v) is 7.19. The molecule has 0 aromatic carbocycles. The van der Waals surface area contributed by atoms with Crippen LogP contribution in [0.15, 0.2) is 16.9 Å². The molecule has 0 unspecified atom stereocenters. The van der Waals surface area contributed by atoms with Crippen molar-refractivity contribution in [3.63, 3.8) is 0 Å². The van der Waals surface area contributed by atoms with Crippen molar-refractivity contribution in [3.05, 3.63) is 23.7 Å². The predicted octanol–water partition coefficient (Wildman–Crippen LogP) is 5.27. The van der Waals surface area contributed by atoms with E-state index < -0.39 is 0 Å². The van der Waals surface area contributed by atoms with Crippen LogP contribution in [0.5, 0.6) is 0 Å². The number of hydrogen-bond donors (Lipinski definition) is 0. The van der Waals surface area contributed by atoms with E-state index >= 15 is 0 Å². The maximum absolute atomic E-state index is 11.4. The van der Waals surface area contributed by atoms with Crippen molar-refractivity contribution in [1.82, 2.24) is 0 Å². The van der Waals surface area contributed by atoms with Gasteiger partial charge in [-0.15, -0.1) is 0 Å². The smallest absolute Gasteiger partial charge is 0.302 e. The highest BCUT2D eigenvalue weighted by atomic mass is 16.5. The van der Waals surface area contributed by atoms with Gasteiger partial charge in [-0.25, -0.2) is 0 Å². The second-order valence-electron chi connectivity index (χ2n) is 9.70. The molecular weight excluding hydrogens is 312 g/mol. The fourth-order valence-electron chi connectivity index (χ4n) is 7.19. The Balaban J connectivity index is 1.69. The first-order valence-corrected chi connectivity index (χ1v) is 9.98. The molecule has 0 bridgehead atoms. The summed E-state index contributed by atoms with van der Waals surface area (Å²) in [5, 5.41) is 0. The number of esters is 1. The number of aryl methyl sites for hydroxylation is 1. The molecule has 2 saturated carbocycles. The van der Waals surface area contributed by atoms with Gasteiger partial charge in [0, 0.05) is 12.3 Å². The lowest BCUT2D eigenvalue weighted by Gasteiger charge is -2.64. The third-order valence-corrected chi connectivity index (χ3v) is 8.28. The Hall–Kier alpha value is -1.25. The standard InChI is InChI=1S/C22H32O3/c1-15(23)25-14-20(2)9-5-10-22(4)18(20)8-11-21(3)17-13-24-12-16(17)6-7-19(21)22/h12-13,18-19H,5-11,14H2,1-4H3/t18-,19-,20+,21-,22-/m0/s1. The summed E-state index contributed by atoms with van der Waals surface area (Å²) in [7, 11) is 0. The molecule has 3 nitrogen and oxygen atoms in total.